The predicted octanol–water partition coefficient (Wildman–Crippen LogP) is 2.60. The highest BCUT2D eigenvalue weighted by Gasteiger charge is 2.43. The Balaban J connectivity index is 1.18. The van der Waals surface area contributed by atoms with Gasteiger partial charge in [0, 0.05) is 44.0 Å². The Labute approximate surface area is 166 Å². The maximum atomic E-state index is 11.5. The van der Waals surface area contributed by atoms with Crippen LogP contribution in [-0.4, -0.2) is 49.3 Å². The Bertz CT molecular complexity index is 881. The maximum absolute atomic E-state index is 11.5. The van der Waals surface area contributed by atoms with E-state index in [-0.39, 0.29) is 4.90 Å². The average molecular weight is 403 g/mol. The van der Waals surface area contributed by atoms with Gasteiger partial charge in [0.05, 0.1) is 11.5 Å². The Morgan fingerprint density at radius 1 is 1.14 bits per heavy atom. The van der Waals surface area contributed by atoms with Gasteiger partial charge in [0.1, 0.15) is 0 Å². The second kappa shape index (κ2) is 8.03. The van der Waals surface area contributed by atoms with Crippen LogP contribution in [-0.2, 0) is 9.84 Å². The van der Waals surface area contributed by atoms with E-state index >= 15 is 0 Å². The molecule has 2 aliphatic rings. The van der Waals surface area contributed by atoms with Crippen LogP contribution in [0.2, 0.25) is 0 Å². The largest absolute Gasteiger partial charge is 0.478 e. The van der Waals surface area contributed by atoms with Gasteiger partial charge in [0.2, 0.25) is 11.8 Å². The minimum Gasteiger partial charge on any atom is -0.478 e. The summed E-state index contributed by atoms with van der Waals surface area (Å²) in [5, 5.41) is 0. The summed E-state index contributed by atoms with van der Waals surface area (Å²) in [7, 11) is -3.21. The van der Waals surface area contributed by atoms with E-state index in [1.54, 1.807) is 24.5 Å². The zero-order chi connectivity index (χ0) is 19.6. The van der Waals surface area contributed by atoms with Gasteiger partial charge in [-0.25, -0.2) is 23.4 Å². The minimum absolute atomic E-state index is 0.217. The summed E-state index contributed by atoms with van der Waals surface area (Å²) >= 11 is 0. The first kappa shape index (κ1) is 19.1. The van der Waals surface area contributed by atoms with E-state index in [4.69, 9.17) is 4.74 Å². The van der Waals surface area contributed by atoms with Crippen LogP contribution in [0.15, 0.2) is 41.7 Å². The third kappa shape index (κ3) is 4.60. The molecule has 2 atom stereocenters. The quantitative estimate of drug-likeness (QED) is 0.704. The van der Waals surface area contributed by atoms with Crippen molar-refractivity contribution in [1.82, 2.24) is 15.0 Å². The molecular formula is C20H26N4O3S. The highest BCUT2D eigenvalue weighted by atomic mass is 32.2. The van der Waals surface area contributed by atoms with Gasteiger partial charge in [-0.15, -0.1) is 0 Å². The zero-order valence-corrected chi connectivity index (χ0v) is 16.9. The second-order valence-corrected chi connectivity index (χ2v) is 9.79. The molecule has 1 saturated heterocycles. The van der Waals surface area contributed by atoms with Crippen molar-refractivity contribution in [1.29, 1.82) is 0 Å². The normalized spacial score (nSPS) is 22.8. The number of nitrogens with zero attached hydrogens (tertiary/aromatic N) is 4. The van der Waals surface area contributed by atoms with Crippen LogP contribution in [0.1, 0.15) is 25.7 Å². The molecule has 1 aliphatic heterocycles. The molecule has 2 aromatic rings. The summed E-state index contributed by atoms with van der Waals surface area (Å²) in [6.45, 7) is 2.69. The summed E-state index contributed by atoms with van der Waals surface area (Å²) in [5.74, 6) is 3.66. The molecule has 0 bridgehead atoms. The molecule has 0 amide bonds. The highest BCUT2D eigenvalue weighted by Crippen LogP contribution is 2.49. The minimum atomic E-state index is -3.21. The molecule has 150 valence electrons. The number of rotatable bonds is 7. The summed E-state index contributed by atoms with van der Waals surface area (Å²) < 4.78 is 28.6. The smallest absolute Gasteiger partial charge is 0.225 e. The van der Waals surface area contributed by atoms with E-state index in [2.05, 4.69) is 19.9 Å². The zero-order valence-electron chi connectivity index (χ0n) is 16.1. The lowest BCUT2D eigenvalue weighted by molar-refractivity contribution is 0.276. The number of anilines is 1. The Morgan fingerprint density at radius 2 is 1.89 bits per heavy atom. The molecule has 3 heterocycles. The molecule has 8 heteroatoms. The maximum Gasteiger partial charge on any atom is 0.225 e. The molecule has 0 aromatic carbocycles. The van der Waals surface area contributed by atoms with Gasteiger partial charge in [-0.05, 0) is 55.6 Å². The third-order valence-corrected chi connectivity index (χ3v) is 6.93. The highest BCUT2D eigenvalue weighted by molar-refractivity contribution is 7.90. The lowest BCUT2D eigenvalue weighted by Crippen LogP contribution is -2.35. The number of ether oxygens (including phenoxy) is 1. The van der Waals surface area contributed by atoms with Gasteiger partial charge in [0.25, 0.3) is 0 Å². The van der Waals surface area contributed by atoms with E-state index in [9.17, 15) is 8.42 Å². The number of piperidine rings is 1. The summed E-state index contributed by atoms with van der Waals surface area (Å²) in [6.07, 6.45) is 10.9. The number of hydrogen-bond donors (Lipinski definition) is 0. The van der Waals surface area contributed by atoms with Crippen molar-refractivity contribution in [3.8, 4) is 5.88 Å². The molecule has 1 saturated carbocycles. The average Bonchev–Trinajstić information content (AvgIpc) is 3.48. The van der Waals surface area contributed by atoms with Gasteiger partial charge in [-0.3, -0.25) is 0 Å². The molecule has 0 radical (unpaired) electrons. The van der Waals surface area contributed by atoms with Gasteiger partial charge in [-0.2, -0.15) is 0 Å². The number of pyridine rings is 1. The molecule has 0 N–H and O–H groups in total. The molecule has 4 rings (SSSR count). The molecule has 7 nitrogen and oxygen atoms in total. The van der Waals surface area contributed by atoms with Crippen molar-refractivity contribution in [3.63, 3.8) is 0 Å². The molecule has 28 heavy (non-hydrogen) atoms. The van der Waals surface area contributed by atoms with Crippen molar-refractivity contribution in [2.75, 3.05) is 30.9 Å². The Kier molecular flexibility index (Phi) is 5.48. The van der Waals surface area contributed by atoms with Crippen molar-refractivity contribution < 1.29 is 13.2 Å². The standard InChI is InChI=1S/C20H26N4O3S/c1-28(25,26)17-3-4-19(23-14-17)27-12-7-16-13-18(16)15-5-10-24(11-6-15)20-21-8-2-9-22-20/h2-4,8-9,14-16,18H,5-7,10-13H2,1H3/t16-,18-/m1/s1. The third-order valence-electron chi connectivity index (χ3n) is 5.83. The fourth-order valence-corrected chi connectivity index (χ4v) is 4.71. The van der Waals surface area contributed by atoms with E-state index in [0.29, 0.717) is 12.5 Å². The first-order chi connectivity index (χ1) is 13.5. The van der Waals surface area contributed by atoms with Crippen LogP contribution in [0.25, 0.3) is 0 Å². The van der Waals surface area contributed by atoms with Gasteiger partial charge >= 0.3 is 0 Å². The van der Waals surface area contributed by atoms with Gasteiger partial charge in [-0.1, -0.05) is 0 Å². The Morgan fingerprint density at radius 3 is 2.54 bits per heavy atom. The first-order valence-corrected chi connectivity index (χ1v) is 11.7. The van der Waals surface area contributed by atoms with Crippen LogP contribution >= 0.6 is 0 Å². The fourth-order valence-electron chi connectivity index (χ4n) is 4.15. The Hall–Kier alpha value is -2.22. The SMILES string of the molecule is CS(=O)(=O)c1ccc(OCC[C@@H]2C[C@@H]2C2CCN(c3ncccn3)CC2)nc1. The van der Waals surface area contributed by atoms with Crippen molar-refractivity contribution in [3.05, 3.63) is 36.8 Å². The summed E-state index contributed by atoms with van der Waals surface area (Å²) in [5.41, 5.74) is 0. The molecule has 1 aliphatic carbocycles. The van der Waals surface area contributed by atoms with Crippen molar-refractivity contribution in [2.24, 2.45) is 17.8 Å². The second-order valence-electron chi connectivity index (χ2n) is 7.77. The topological polar surface area (TPSA) is 85.3 Å². The fraction of sp³-hybridized carbons (Fsp3) is 0.550. The molecule has 2 aromatic heterocycles. The lowest BCUT2D eigenvalue weighted by atomic mass is 9.90. The lowest BCUT2D eigenvalue weighted by Gasteiger charge is -2.32. The summed E-state index contributed by atoms with van der Waals surface area (Å²) in [6, 6.07) is 5.02. The van der Waals surface area contributed by atoms with Gasteiger partial charge < -0.3 is 9.64 Å². The monoisotopic (exact) mass is 402 g/mol. The predicted molar refractivity (Wildman–Crippen MR) is 106 cm³/mol. The van der Waals surface area contributed by atoms with Crippen LogP contribution in [0.3, 0.4) is 0 Å². The first-order valence-electron chi connectivity index (χ1n) is 9.81. The van der Waals surface area contributed by atoms with E-state index in [1.807, 2.05) is 6.07 Å². The number of aromatic nitrogens is 3. The molecule has 2 fully saturated rings. The molecular weight excluding hydrogens is 376 g/mol. The molecule has 0 spiro atoms. The van der Waals surface area contributed by atoms with Gasteiger partial charge in [0.15, 0.2) is 9.84 Å². The van der Waals surface area contributed by atoms with Crippen LogP contribution in [0, 0.1) is 17.8 Å². The van der Waals surface area contributed by atoms with E-state index in [0.717, 1.165) is 43.2 Å². The van der Waals surface area contributed by atoms with E-state index < -0.39 is 9.84 Å². The number of sulfone groups is 1. The number of hydrogen-bond acceptors (Lipinski definition) is 7. The molecule has 0 unspecified atom stereocenters. The van der Waals surface area contributed by atoms with Crippen LogP contribution < -0.4 is 9.64 Å². The van der Waals surface area contributed by atoms with Crippen LogP contribution in [0.4, 0.5) is 5.95 Å². The summed E-state index contributed by atoms with van der Waals surface area (Å²) in [4.78, 5) is 15.3. The van der Waals surface area contributed by atoms with Crippen molar-refractivity contribution in [2.45, 2.75) is 30.6 Å². The van der Waals surface area contributed by atoms with Crippen molar-refractivity contribution >= 4 is 15.8 Å². The van der Waals surface area contributed by atoms with E-state index in [1.165, 1.54) is 31.7 Å². The van der Waals surface area contributed by atoms with Crippen LogP contribution in [0.5, 0.6) is 5.88 Å².